The van der Waals surface area contributed by atoms with Crippen molar-refractivity contribution in [3.8, 4) is 0 Å². The van der Waals surface area contributed by atoms with Crippen molar-refractivity contribution in [2.24, 2.45) is 0 Å². The number of thioether (sulfide) groups is 1. The van der Waals surface area contributed by atoms with Crippen molar-refractivity contribution in [3.05, 3.63) is 22.8 Å². The van der Waals surface area contributed by atoms with Gasteiger partial charge in [0, 0.05) is 16.4 Å². The molecule has 1 unspecified atom stereocenters. The Morgan fingerprint density at radius 2 is 2.38 bits per heavy atom. The predicted molar refractivity (Wildman–Crippen MR) is 54.6 cm³/mol. The first-order valence-electron chi connectivity index (χ1n) is 3.70. The van der Waals surface area contributed by atoms with Crippen LogP contribution in [-0.2, 0) is 0 Å². The summed E-state index contributed by atoms with van der Waals surface area (Å²) < 4.78 is 12.8. The fourth-order valence-corrected chi connectivity index (χ4v) is 1.65. The summed E-state index contributed by atoms with van der Waals surface area (Å²) in [7, 11) is 0. The predicted octanol–water partition coefficient (Wildman–Crippen LogP) is 2.27. The van der Waals surface area contributed by atoms with E-state index >= 15 is 0 Å². The molecule has 0 aliphatic carbocycles. The third-order valence-electron chi connectivity index (χ3n) is 1.30. The molecular weight excluding hydrogens is 257 g/mol. The van der Waals surface area contributed by atoms with Crippen LogP contribution in [0, 0.1) is 0 Å². The highest BCUT2D eigenvalue weighted by molar-refractivity contribution is 9.10. The van der Waals surface area contributed by atoms with Gasteiger partial charge < -0.3 is 5.11 Å². The molecule has 1 N–H and O–H groups in total. The lowest BCUT2D eigenvalue weighted by atomic mass is 10.5. The van der Waals surface area contributed by atoms with Crippen LogP contribution >= 0.6 is 27.7 Å². The molecule has 1 aromatic rings. The number of alkyl halides is 1. The maximum atomic E-state index is 11.9. The van der Waals surface area contributed by atoms with Crippen molar-refractivity contribution in [1.29, 1.82) is 0 Å². The number of halogens is 2. The zero-order valence-corrected chi connectivity index (χ0v) is 9.18. The first-order chi connectivity index (χ1) is 6.22. The van der Waals surface area contributed by atoms with Crippen LogP contribution in [0.2, 0.25) is 0 Å². The summed E-state index contributed by atoms with van der Waals surface area (Å²) in [5.41, 5.74) is 0. The van der Waals surface area contributed by atoms with Crippen LogP contribution in [0.15, 0.2) is 27.8 Å². The molecule has 0 saturated heterocycles. The summed E-state index contributed by atoms with van der Waals surface area (Å²) in [6.07, 6.45) is 0.778. The van der Waals surface area contributed by atoms with Crippen LogP contribution in [-0.4, -0.2) is 28.6 Å². The Kier molecular flexibility index (Phi) is 4.69. The van der Waals surface area contributed by atoms with Crippen molar-refractivity contribution < 1.29 is 9.50 Å². The Labute approximate surface area is 88.7 Å². The van der Waals surface area contributed by atoms with Gasteiger partial charge in [-0.3, -0.25) is 0 Å². The van der Waals surface area contributed by atoms with E-state index in [0.717, 1.165) is 9.50 Å². The highest BCUT2D eigenvalue weighted by Gasteiger charge is 2.04. The van der Waals surface area contributed by atoms with Gasteiger partial charge in [-0.1, -0.05) is 0 Å². The van der Waals surface area contributed by atoms with Gasteiger partial charge in [-0.05, 0) is 28.1 Å². The van der Waals surface area contributed by atoms with Gasteiger partial charge in [0.05, 0.1) is 11.1 Å². The lowest BCUT2D eigenvalue weighted by Crippen LogP contribution is -2.11. The van der Waals surface area contributed by atoms with Crippen molar-refractivity contribution in [2.75, 3.05) is 12.4 Å². The van der Waals surface area contributed by atoms with Crippen LogP contribution < -0.4 is 0 Å². The molecule has 1 atom stereocenters. The fourth-order valence-electron chi connectivity index (χ4n) is 0.674. The second kappa shape index (κ2) is 5.57. The van der Waals surface area contributed by atoms with E-state index in [0.29, 0.717) is 5.75 Å². The van der Waals surface area contributed by atoms with Gasteiger partial charge in [0.25, 0.3) is 0 Å². The normalized spacial score (nSPS) is 12.8. The zero-order chi connectivity index (χ0) is 9.68. The molecular formula is C8H9BrFNOS. The summed E-state index contributed by atoms with van der Waals surface area (Å²) >= 11 is 4.60. The Balaban J connectivity index is 2.41. The van der Waals surface area contributed by atoms with E-state index in [-0.39, 0.29) is 0 Å². The summed E-state index contributed by atoms with van der Waals surface area (Å²) in [6, 6.07) is 3.68. The number of hydrogen-bond acceptors (Lipinski definition) is 3. The number of pyridine rings is 1. The number of hydrogen-bond donors (Lipinski definition) is 1. The van der Waals surface area contributed by atoms with Crippen LogP contribution in [0.4, 0.5) is 4.39 Å². The third-order valence-corrected chi connectivity index (χ3v) is 2.86. The van der Waals surface area contributed by atoms with Crippen molar-refractivity contribution >= 4 is 27.7 Å². The second-order valence-electron chi connectivity index (χ2n) is 2.43. The molecule has 0 spiro atoms. The standard InChI is InChI=1S/C8H9BrFNOS/c9-6-1-2-8(11-4-6)13-5-7(12)3-10/h1-2,4,7,12H,3,5H2. The molecule has 0 radical (unpaired) electrons. The quantitative estimate of drug-likeness (QED) is 0.848. The SMILES string of the molecule is OC(CF)CSc1ccc(Br)cn1. The molecule has 0 fully saturated rings. The molecule has 1 heterocycles. The first-order valence-corrected chi connectivity index (χ1v) is 5.48. The van der Waals surface area contributed by atoms with Crippen molar-refractivity contribution in [1.82, 2.24) is 4.98 Å². The number of rotatable bonds is 4. The van der Waals surface area contributed by atoms with Gasteiger partial charge in [0.15, 0.2) is 0 Å². The molecule has 1 aromatic heterocycles. The summed E-state index contributed by atoms with van der Waals surface area (Å²) in [4.78, 5) is 4.07. The minimum Gasteiger partial charge on any atom is -0.390 e. The molecule has 0 bridgehead atoms. The topological polar surface area (TPSA) is 33.1 Å². The van der Waals surface area contributed by atoms with Crippen molar-refractivity contribution in [2.45, 2.75) is 11.1 Å². The van der Waals surface area contributed by atoms with E-state index in [1.165, 1.54) is 11.8 Å². The lowest BCUT2D eigenvalue weighted by molar-refractivity contribution is 0.162. The largest absolute Gasteiger partial charge is 0.390 e. The summed E-state index contributed by atoms with van der Waals surface area (Å²) in [6.45, 7) is -0.705. The number of aliphatic hydroxyl groups is 1. The minimum atomic E-state index is -0.893. The van der Waals surface area contributed by atoms with Gasteiger partial charge >= 0.3 is 0 Å². The highest BCUT2D eigenvalue weighted by atomic mass is 79.9. The Morgan fingerprint density at radius 1 is 1.62 bits per heavy atom. The minimum absolute atomic E-state index is 0.338. The molecule has 72 valence electrons. The average Bonchev–Trinajstić information content (AvgIpc) is 2.16. The van der Waals surface area contributed by atoms with Crippen LogP contribution in [0.1, 0.15) is 0 Å². The third kappa shape index (κ3) is 4.06. The van der Waals surface area contributed by atoms with Crippen LogP contribution in [0.25, 0.3) is 0 Å². The number of nitrogens with zero attached hydrogens (tertiary/aromatic N) is 1. The highest BCUT2D eigenvalue weighted by Crippen LogP contribution is 2.18. The average molecular weight is 266 g/mol. The van der Waals surface area contributed by atoms with Crippen molar-refractivity contribution in [3.63, 3.8) is 0 Å². The maximum Gasteiger partial charge on any atom is 0.116 e. The first kappa shape index (κ1) is 10.9. The molecule has 0 amide bonds. The lowest BCUT2D eigenvalue weighted by Gasteiger charge is -2.04. The van der Waals surface area contributed by atoms with Crippen LogP contribution in [0.3, 0.4) is 0 Å². The molecule has 1 rings (SSSR count). The van der Waals surface area contributed by atoms with Gasteiger partial charge in [-0.2, -0.15) is 0 Å². The molecule has 0 aliphatic heterocycles. The second-order valence-corrected chi connectivity index (χ2v) is 4.39. The fraction of sp³-hybridized carbons (Fsp3) is 0.375. The monoisotopic (exact) mass is 265 g/mol. The molecule has 0 aromatic carbocycles. The van der Waals surface area contributed by atoms with Gasteiger partial charge in [-0.15, -0.1) is 11.8 Å². The molecule has 13 heavy (non-hydrogen) atoms. The van der Waals surface area contributed by atoms with Crippen LogP contribution in [0.5, 0.6) is 0 Å². The van der Waals surface area contributed by atoms with E-state index in [9.17, 15) is 4.39 Å². The Hall–Kier alpha value is -0.130. The van der Waals surface area contributed by atoms with E-state index in [4.69, 9.17) is 5.11 Å². The summed E-state index contributed by atoms with van der Waals surface area (Å²) in [5, 5.41) is 9.73. The van der Waals surface area contributed by atoms with E-state index in [1.807, 2.05) is 12.1 Å². The maximum absolute atomic E-state index is 11.9. The van der Waals surface area contributed by atoms with E-state index in [2.05, 4.69) is 20.9 Å². The molecule has 5 heteroatoms. The molecule has 0 saturated carbocycles. The van der Waals surface area contributed by atoms with Gasteiger partial charge in [-0.25, -0.2) is 9.37 Å². The molecule has 2 nitrogen and oxygen atoms in total. The smallest absolute Gasteiger partial charge is 0.116 e. The molecule has 0 aliphatic rings. The Bertz CT molecular complexity index is 257. The van der Waals surface area contributed by atoms with E-state index < -0.39 is 12.8 Å². The zero-order valence-electron chi connectivity index (χ0n) is 6.78. The number of aliphatic hydroxyl groups excluding tert-OH is 1. The van der Waals surface area contributed by atoms with Gasteiger partial charge in [0.2, 0.25) is 0 Å². The van der Waals surface area contributed by atoms with E-state index in [1.54, 1.807) is 6.20 Å². The summed E-state index contributed by atoms with van der Waals surface area (Å²) in [5.74, 6) is 0.338. The number of aromatic nitrogens is 1. The van der Waals surface area contributed by atoms with Gasteiger partial charge in [0.1, 0.15) is 6.67 Å². The Morgan fingerprint density at radius 3 is 2.92 bits per heavy atom.